The summed E-state index contributed by atoms with van der Waals surface area (Å²) >= 11 is 6.14. The fourth-order valence-corrected chi connectivity index (χ4v) is 4.92. The zero-order chi connectivity index (χ0) is 20.5. The van der Waals surface area contributed by atoms with Gasteiger partial charge >= 0.3 is 5.97 Å². The van der Waals surface area contributed by atoms with E-state index in [0.717, 1.165) is 25.7 Å². The van der Waals surface area contributed by atoms with Crippen LogP contribution in [0.4, 0.5) is 5.69 Å². The van der Waals surface area contributed by atoms with Gasteiger partial charge in [-0.15, -0.1) is 0 Å². The van der Waals surface area contributed by atoms with Gasteiger partial charge in [-0.05, 0) is 50.3 Å². The molecule has 0 bridgehead atoms. The lowest BCUT2D eigenvalue weighted by atomic mass is 10.2. The summed E-state index contributed by atoms with van der Waals surface area (Å²) < 4.78 is 32.3. The monoisotopic (exact) mass is 428 g/mol. The molecule has 2 aliphatic rings. The minimum absolute atomic E-state index is 0.0746. The quantitative estimate of drug-likeness (QED) is 0.703. The molecule has 1 heterocycles. The Morgan fingerprint density at radius 3 is 2.50 bits per heavy atom. The van der Waals surface area contributed by atoms with Crippen LogP contribution < -0.4 is 5.32 Å². The minimum Gasteiger partial charge on any atom is -0.452 e. The smallest absolute Gasteiger partial charge is 0.309 e. The van der Waals surface area contributed by atoms with Crippen molar-refractivity contribution in [3.05, 3.63) is 23.2 Å². The van der Waals surface area contributed by atoms with Gasteiger partial charge in [0.05, 0.1) is 21.5 Å². The molecular weight excluding hydrogens is 404 g/mol. The van der Waals surface area contributed by atoms with E-state index in [0.29, 0.717) is 13.1 Å². The van der Waals surface area contributed by atoms with Crippen LogP contribution in [0, 0.1) is 11.8 Å². The van der Waals surface area contributed by atoms with Crippen molar-refractivity contribution in [1.29, 1.82) is 0 Å². The standard InChI is InChI=1S/C19H25ClN2O5S/c1-12-10-15(12)19(24)27-13(2)18(23)21-17-11-14(6-7-16(17)20)28(25,26)22-8-4-3-5-9-22/h6-7,11-13,15H,3-5,8-10H2,1-2H3,(H,21,23). The SMILES string of the molecule is CC(OC(=O)C1CC1C)C(=O)Nc1cc(S(=O)(=O)N2CCCCC2)ccc1Cl. The first-order chi connectivity index (χ1) is 13.2. The predicted octanol–water partition coefficient (Wildman–Crippen LogP) is 3.04. The molecule has 3 rings (SSSR count). The molecule has 0 spiro atoms. The summed E-state index contributed by atoms with van der Waals surface area (Å²) in [6.07, 6.45) is 2.45. The van der Waals surface area contributed by atoms with E-state index in [1.54, 1.807) is 0 Å². The van der Waals surface area contributed by atoms with Crippen molar-refractivity contribution >= 4 is 39.2 Å². The van der Waals surface area contributed by atoms with Gasteiger partial charge in [0, 0.05) is 13.1 Å². The second-order valence-corrected chi connectivity index (χ2v) is 9.84. The lowest BCUT2D eigenvalue weighted by Crippen LogP contribution is -2.35. The zero-order valence-corrected chi connectivity index (χ0v) is 17.6. The molecule has 7 nitrogen and oxygen atoms in total. The first-order valence-corrected chi connectivity index (χ1v) is 11.3. The topological polar surface area (TPSA) is 92.8 Å². The van der Waals surface area contributed by atoms with Gasteiger partial charge in [-0.1, -0.05) is 24.9 Å². The summed E-state index contributed by atoms with van der Waals surface area (Å²) in [7, 11) is -3.65. The van der Waals surface area contributed by atoms with Gasteiger partial charge < -0.3 is 10.1 Å². The average Bonchev–Trinajstić information content (AvgIpc) is 3.40. The van der Waals surface area contributed by atoms with E-state index in [4.69, 9.17) is 16.3 Å². The summed E-state index contributed by atoms with van der Waals surface area (Å²) in [6, 6.07) is 4.22. The Morgan fingerprint density at radius 2 is 1.89 bits per heavy atom. The van der Waals surface area contributed by atoms with Gasteiger partial charge in [0.15, 0.2) is 6.10 Å². The summed E-state index contributed by atoms with van der Waals surface area (Å²) in [5, 5.41) is 2.78. The van der Waals surface area contributed by atoms with E-state index in [-0.39, 0.29) is 33.4 Å². The molecular formula is C19H25ClN2O5S. The van der Waals surface area contributed by atoms with Crippen molar-refractivity contribution in [2.75, 3.05) is 18.4 Å². The van der Waals surface area contributed by atoms with Gasteiger partial charge in [-0.2, -0.15) is 4.31 Å². The maximum absolute atomic E-state index is 12.8. The van der Waals surface area contributed by atoms with Crippen LogP contribution in [0.1, 0.15) is 39.5 Å². The molecule has 154 valence electrons. The molecule has 1 saturated heterocycles. The van der Waals surface area contributed by atoms with Crippen molar-refractivity contribution in [1.82, 2.24) is 4.31 Å². The number of carbonyl (C=O) groups is 2. The van der Waals surface area contributed by atoms with E-state index in [1.807, 2.05) is 6.92 Å². The Kier molecular flexibility index (Phi) is 6.31. The highest BCUT2D eigenvalue weighted by molar-refractivity contribution is 7.89. The Bertz CT molecular complexity index is 867. The highest BCUT2D eigenvalue weighted by atomic mass is 35.5. The van der Waals surface area contributed by atoms with E-state index in [2.05, 4.69) is 5.32 Å². The molecule has 9 heteroatoms. The van der Waals surface area contributed by atoms with Crippen LogP contribution in [-0.2, 0) is 24.3 Å². The number of sulfonamides is 1. The molecule has 1 saturated carbocycles. The van der Waals surface area contributed by atoms with E-state index >= 15 is 0 Å². The van der Waals surface area contributed by atoms with Crippen LogP contribution >= 0.6 is 11.6 Å². The average molecular weight is 429 g/mol. The fraction of sp³-hybridized carbons (Fsp3) is 0.579. The molecule has 3 atom stereocenters. The van der Waals surface area contributed by atoms with Gasteiger partial charge in [-0.25, -0.2) is 8.42 Å². The summed E-state index contributed by atoms with van der Waals surface area (Å²) in [5.74, 6) is -0.801. The first-order valence-electron chi connectivity index (χ1n) is 9.51. The first kappa shape index (κ1) is 21.1. The number of benzene rings is 1. The van der Waals surface area contributed by atoms with Crippen molar-refractivity contribution in [2.24, 2.45) is 11.8 Å². The summed E-state index contributed by atoms with van der Waals surface area (Å²) in [6.45, 7) is 4.39. The lowest BCUT2D eigenvalue weighted by Gasteiger charge is -2.26. The largest absolute Gasteiger partial charge is 0.452 e. The molecule has 0 radical (unpaired) electrons. The third-order valence-corrected chi connectivity index (χ3v) is 7.45. The number of hydrogen-bond donors (Lipinski definition) is 1. The third kappa shape index (κ3) is 4.67. The number of hydrogen-bond acceptors (Lipinski definition) is 5. The highest BCUT2D eigenvalue weighted by Gasteiger charge is 2.41. The number of piperidine rings is 1. The molecule has 1 aliphatic heterocycles. The second-order valence-electron chi connectivity index (χ2n) is 7.49. The van der Waals surface area contributed by atoms with Crippen LogP contribution in [0.3, 0.4) is 0 Å². The van der Waals surface area contributed by atoms with Crippen LogP contribution in [0.25, 0.3) is 0 Å². The molecule has 3 unspecified atom stereocenters. The molecule has 2 fully saturated rings. The number of esters is 1. The molecule has 0 aromatic heterocycles. The maximum atomic E-state index is 12.8. The van der Waals surface area contributed by atoms with Crippen molar-refractivity contribution in [2.45, 2.75) is 50.5 Å². The molecule has 1 N–H and O–H groups in total. The number of anilines is 1. The van der Waals surface area contributed by atoms with Crippen LogP contribution in [0.5, 0.6) is 0 Å². The number of rotatable bonds is 6. The van der Waals surface area contributed by atoms with Crippen LogP contribution in [-0.4, -0.2) is 43.8 Å². The number of amides is 1. The Morgan fingerprint density at radius 1 is 1.25 bits per heavy atom. The Balaban J connectivity index is 1.70. The number of ether oxygens (including phenoxy) is 1. The number of halogens is 1. The molecule has 1 aromatic carbocycles. The zero-order valence-electron chi connectivity index (χ0n) is 16.0. The van der Waals surface area contributed by atoms with Crippen molar-refractivity contribution in [3.8, 4) is 0 Å². The van der Waals surface area contributed by atoms with Crippen molar-refractivity contribution < 1.29 is 22.7 Å². The van der Waals surface area contributed by atoms with Gasteiger partial charge in [0.1, 0.15) is 0 Å². The highest BCUT2D eigenvalue weighted by Crippen LogP contribution is 2.39. The number of nitrogens with one attached hydrogen (secondary N) is 1. The second kappa shape index (κ2) is 8.39. The third-order valence-electron chi connectivity index (χ3n) is 5.22. The van der Waals surface area contributed by atoms with E-state index in [9.17, 15) is 18.0 Å². The maximum Gasteiger partial charge on any atom is 0.309 e. The Labute approximate surface area is 170 Å². The van der Waals surface area contributed by atoms with Gasteiger partial charge in [0.25, 0.3) is 5.91 Å². The van der Waals surface area contributed by atoms with E-state index < -0.39 is 22.0 Å². The summed E-state index contributed by atoms with van der Waals surface area (Å²) in [4.78, 5) is 24.4. The minimum atomic E-state index is -3.65. The van der Waals surface area contributed by atoms with Crippen LogP contribution in [0.2, 0.25) is 5.02 Å². The van der Waals surface area contributed by atoms with Gasteiger partial charge in [0.2, 0.25) is 10.0 Å². The summed E-state index contributed by atoms with van der Waals surface area (Å²) in [5.41, 5.74) is 0.174. The van der Waals surface area contributed by atoms with Gasteiger partial charge in [-0.3, -0.25) is 9.59 Å². The van der Waals surface area contributed by atoms with Crippen LogP contribution in [0.15, 0.2) is 23.1 Å². The molecule has 1 aliphatic carbocycles. The lowest BCUT2D eigenvalue weighted by molar-refractivity contribution is -0.154. The number of carbonyl (C=O) groups excluding carboxylic acids is 2. The van der Waals surface area contributed by atoms with Crippen molar-refractivity contribution in [3.63, 3.8) is 0 Å². The molecule has 1 aromatic rings. The fourth-order valence-electron chi connectivity index (χ4n) is 3.21. The number of nitrogens with zero attached hydrogens (tertiary/aromatic N) is 1. The normalized spacial score (nSPS) is 23.7. The predicted molar refractivity (Wildman–Crippen MR) is 106 cm³/mol. The Hall–Kier alpha value is -1.64. The molecule has 28 heavy (non-hydrogen) atoms. The van der Waals surface area contributed by atoms with E-state index in [1.165, 1.54) is 29.4 Å². The molecule has 1 amide bonds.